The number of hydrogen-bond donors (Lipinski definition) is 2. The summed E-state index contributed by atoms with van der Waals surface area (Å²) in [6, 6.07) is 12.5. The Labute approximate surface area is 125 Å². The van der Waals surface area contributed by atoms with Crippen molar-refractivity contribution in [2.75, 3.05) is 5.32 Å². The van der Waals surface area contributed by atoms with Crippen molar-refractivity contribution in [2.45, 2.75) is 26.8 Å². The number of nitrogens with one attached hydrogen (secondary N) is 2. The zero-order chi connectivity index (χ0) is 14.5. The van der Waals surface area contributed by atoms with Crippen LogP contribution in [-0.4, -0.2) is 10.1 Å². The molecule has 4 heteroatoms. The maximum absolute atomic E-state index is 5.32. The molecule has 0 saturated carbocycles. The molecule has 0 aliphatic rings. The number of thiocarbonyl (C=S) groups is 1. The first-order valence-corrected chi connectivity index (χ1v) is 7.02. The Hall–Kier alpha value is -1.94. The molecule has 1 atom stereocenters. The lowest BCUT2D eigenvalue weighted by Crippen LogP contribution is -2.31. The van der Waals surface area contributed by atoms with Crippen LogP contribution in [0.4, 0.5) is 5.82 Å². The number of hydrogen-bond acceptors (Lipinski definition) is 2. The average molecular weight is 285 g/mol. The summed E-state index contributed by atoms with van der Waals surface area (Å²) in [5.41, 5.74) is 3.61. The summed E-state index contributed by atoms with van der Waals surface area (Å²) in [5.74, 6) is 0.763. The normalized spacial score (nSPS) is 11.8. The van der Waals surface area contributed by atoms with Crippen molar-refractivity contribution in [2.24, 2.45) is 0 Å². The number of aryl methyl sites for hydroxylation is 2. The van der Waals surface area contributed by atoms with Crippen LogP contribution >= 0.6 is 12.2 Å². The molecule has 0 saturated heterocycles. The number of aromatic nitrogens is 1. The molecule has 104 valence electrons. The van der Waals surface area contributed by atoms with Gasteiger partial charge in [-0.25, -0.2) is 4.98 Å². The van der Waals surface area contributed by atoms with Gasteiger partial charge in [-0.15, -0.1) is 0 Å². The largest absolute Gasteiger partial charge is 0.356 e. The van der Waals surface area contributed by atoms with E-state index in [2.05, 4.69) is 53.7 Å². The van der Waals surface area contributed by atoms with Crippen LogP contribution in [0, 0.1) is 13.8 Å². The van der Waals surface area contributed by atoms with E-state index >= 15 is 0 Å². The van der Waals surface area contributed by atoms with Crippen LogP contribution in [0.15, 0.2) is 42.6 Å². The molecule has 1 aromatic carbocycles. The highest BCUT2D eigenvalue weighted by Gasteiger charge is 2.07. The van der Waals surface area contributed by atoms with Gasteiger partial charge in [0, 0.05) is 6.20 Å². The molecule has 0 spiro atoms. The molecule has 0 aliphatic heterocycles. The van der Waals surface area contributed by atoms with Crippen LogP contribution in [0.3, 0.4) is 0 Å². The summed E-state index contributed by atoms with van der Waals surface area (Å²) in [6.45, 7) is 6.19. The lowest BCUT2D eigenvalue weighted by Gasteiger charge is -2.17. The van der Waals surface area contributed by atoms with E-state index in [-0.39, 0.29) is 6.04 Å². The van der Waals surface area contributed by atoms with Gasteiger partial charge in [-0.3, -0.25) is 0 Å². The van der Waals surface area contributed by atoms with E-state index < -0.39 is 0 Å². The molecule has 2 N–H and O–H groups in total. The summed E-state index contributed by atoms with van der Waals surface area (Å²) in [4.78, 5) is 4.23. The average Bonchev–Trinajstić information content (AvgIpc) is 2.39. The van der Waals surface area contributed by atoms with Gasteiger partial charge in [0.25, 0.3) is 0 Å². The molecule has 0 unspecified atom stereocenters. The lowest BCUT2D eigenvalue weighted by molar-refractivity contribution is 0.722. The van der Waals surface area contributed by atoms with Gasteiger partial charge in [0.05, 0.1) is 6.04 Å². The lowest BCUT2D eigenvalue weighted by atomic mass is 10.1. The van der Waals surface area contributed by atoms with Crippen molar-refractivity contribution in [3.63, 3.8) is 0 Å². The number of benzene rings is 1. The van der Waals surface area contributed by atoms with Crippen molar-refractivity contribution >= 4 is 23.1 Å². The molecule has 2 rings (SSSR count). The molecule has 0 radical (unpaired) electrons. The molecular weight excluding hydrogens is 266 g/mol. The zero-order valence-corrected chi connectivity index (χ0v) is 12.8. The van der Waals surface area contributed by atoms with Gasteiger partial charge >= 0.3 is 0 Å². The summed E-state index contributed by atoms with van der Waals surface area (Å²) in [7, 11) is 0. The molecule has 20 heavy (non-hydrogen) atoms. The third-order valence-corrected chi connectivity index (χ3v) is 3.30. The smallest absolute Gasteiger partial charge is 0.172 e. The number of anilines is 1. The molecule has 1 heterocycles. The molecule has 3 nitrogen and oxygen atoms in total. The van der Waals surface area contributed by atoms with E-state index in [1.165, 1.54) is 11.1 Å². The van der Waals surface area contributed by atoms with Gasteiger partial charge in [0.2, 0.25) is 0 Å². The fourth-order valence-electron chi connectivity index (χ4n) is 1.89. The zero-order valence-electron chi connectivity index (χ0n) is 12.0. The Kier molecular flexibility index (Phi) is 4.69. The number of pyridine rings is 1. The number of rotatable bonds is 3. The second kappa shape index (κ2) is 6.48. The highest BCUT2D eigenvalue weighted by atomic mass is 32.1. The van der Waals surface area contributed by atoms with E-state index in [4.69, 9.17) is 12.2 Å². The van der Waals surface area contributed by atoms with Gasteiger partial charge in [0.15, 0.2) is 5.11 Å². The van der Waals surface area contributed by atoms with Crippen LogP contribution < -0.4 is 10.6 Å². The molecule has 0 aliphatic carbocycles. The first-order chi connectivity index (χ1) is 9.54. The molecule has 1 aromatic heterocycles. The van der Waals surface area contributed by atoms with Gasteiger partial charge in [-0.05, 0) is 56.2 Å². The van der Waals surface area contributed by atoms with Crippen molar-refractivity contribution in [1.82, 2.24) is 10.3 Å². The highest BCUT2D eigenvalue weighted by Crippen LogP contribution is 2.13. The van der Waals surface area contributed by atoms with Crippen LogP contribution in [0.5, 0.6) is 0 Å². The SMILES string of the molecule is Cc1ccc([C@@H](C)NC(=S)Nc2cc(C)ccn2)cc1. The third-order valence-electron chi connectivity index (χ3n) is 3.08. The van der Waals surface area contributed by atoms with Crippen molar-refractivity contribution < 1.29 is 0 Å². The summed E-state index contributed by atoms with van der Waals surface area (Å²) < 4.78 is 0. The minimum atomic E-state index is 0.153. The second-order valence-corrected chi connectivity index (χ2v) is 5.36. The maximum atomic E-state index is 5.32. The van der Waals surface area contributed by atoms with Crippen LogP contribution in [0.1, 0.15) is 29.7 Å². The maximum Gasteiger partial charge on any atom is 0.172 e. The molecule has 0 bridgehead atoms. The summed E-state index contributed by atoms with van der Waals surface area (Å²) >= 11 is 5.32. The minimum Gasteiger partial charge on any atom is -0.356 e. The van der Waals surface area contributed by atoms with Crippen molar-refractivity contribution in [1.29, 1.82) is 0 Å². The van der Waals surface area contributed by atoms with E-state index in [1.807, 2.05) is 19.1 Å². The fourth-order valence-corrected chi connectivity index (χ4v) is 2.17. The second-order valence-electron chi connectivity index (χ2n) is 4.95. The molecule has 0 amide bonds. The monoisotopic (exact) mass is 285 g/mol. The van der Waals surface area contributed by atoms with Gasteiger partial charge in [-0.1, -0.05) is 29.8 Å². The minimum absolute atomic E-state index is 0.153. The predicted molar refractivity (Wildman–Crippen MR) is 87.9 cm³/mol. The summed E-state index contributed by atoms with van der Waals surface area (Å²) in [6.07, 6.45) is 1.77. The Bertz CT molecular complexity index is 593. The van der Waals surface area contributed by atoms with Crippen LogP contribution in [0.2, 0.25) is 0 Å². The molecular formula is C16H19N3S. The first-order valence-electron chi connectivity index (χ1n) is 6.61. The van der Waals surface area contributed by atoms with Gasteiger partial charge in [-0.2, -0.15) is 0 Å². The van der Waals surface area contributed by atoms with Gasteiger partial charge < -0.3 is 10.6 Å². The van der Waals surface area contributed by atoms with E-state index in [0.29, 0.717) is 5.11 Å². The molecule has 0 fully saturated rings. The highest BCUT2D eigenvalue weighted by molar-refractivity contribution is 7.80. The van der Waals surface area contributed by atoms with Gasteiger partial charge in [0.1, 0.15) is 5.82 Å². The molecule has 2 aromatic rings. The quantitative estimate of drug-likeness (QED) is 0.842. The topological polar surface area (TPSA) is 37.0 Å². The Morgan fingerprint density at radius 2 is 1.80 bits per heavy atom. The van der Waals surface area contributed by atoms with Crippen molar-refractivity contribution in [3.05, 3.63) is 59.3 Å². The standard InChI is InChI=1S/C16H19N3S/c1-11-4-6-14(7-5-11)13(3)18-16(20)19-15-10-12(2)8-9-17-15/h4-10,13H,1-3H3,(H2,17,18,19,20)/t13-/m1/s1. The van der Waals surface area contributed by atoms with Crippen molar-refractivity contribution in [3.8, 4) is 0 Å². The Morgan fingerprint density at radius 1 is 1.10 bits per heavy atom. The number of nitrogens with zero attached hydrogens (tertiary/aromatic N) is 1. The Balaban J connectivity index is 1.95. The third kappa shape index (κ3) is 4.03. The van der Waals surface area contributed by atoms with E-state index in [0.717, 1.165) is 11.4 Å². The predicted octanol–water partition coefficient (Wildman–Crippen LogP) is 3.75. The fraction of sp³-hybridized carbons (Fsp3) is 0.250. The summed E-state index contributed by atoms with van der Waals surface area (Å²) in [5, 5.41) is 6.95. The van der Waals surface area contributed by atoms with Crippen LogP contribution in [-0.2, 0) is 0 Å². The van der Waals surface area contributed by atoms with E-state index in [1.54, 1.807) is 6.20 Å². The Morgan fingerprint density at radius 3 is 2.45 bits per heavy atom. The van der Waals surface area contributed by atoms with E-state index in [9.17, 15) is 0 Å². The van der Waals surface area contributed by atoms with Crippen LogP contribution in [0.25, 0.3) is 0 Å². The first kappa shape index (κ1) is 14.5.